The summed E-state index contributed by atoms with van der Waals surface area (Å²) in [5.41, 5.74) is 0. The Balaban J connectivity index is 3.25. The second kappa shape index (κ2) is 14.8. The molecule has 4 heteroatoms. The standard InChI is InChI=1S/C18H39AsO3/c1-3-5-6-7-8-9-10-11-12-13-14-15-16-17-18(4-2)19(20,21)22/h18H,3-17H2,1-2H3,(H2,20,21,22). The molecule has 0 aromatic carbocycles. The monoisotopic (exact) mass is 378 g/mol. The van der Waals surface area contributed by atoms with E-state index in [1.165, 1.54) is 70.6 Å². The van der Waals surface area contributed by atoms with Gasteiger partial charge in [-0.15, -0.1) is 0 Å². The van der Waals surface area contributed by atoms with Crippen molar-refractivity contribution >= 4 is 14.2 Å². The molecule has 3 nitrogen and oxygen atoms in total. The fourth-order valence-corrected chi connectivity index (χ4v) is 5.09. The van der Waals surface area contributed by atoms with Gasteiger partial charge in [0, 0.05) is 0 Å². The summed E-state index contributed by atoms with van der Waals surface area (Å²) in [4.78, 5) is 0. The molecule has 1 atom stereocenters. The Morgan fingerprint density at radius 3 is 1.36 bits per heavy atom. The van der Waals surface area contributed by atoms with Crippen LogP contribution in [-0.4, -0.2) is 22.4 Å². The predicted octanol–water partition coefficient (Wildman–Crippen LogP) is 5.60. The molecule has 0 aromatic heterocycles. The molecule has 0 radical (unpaired) electrons. The van der Waals surface area contributed by atoms with Crippen molar-refractivity contribution in [2.24, 2.45) is 0 Å². The van der Waals surface area contributed by atoms with Crippen LogP contribution >= 0.6 is 0 Å². The van der Waals surface area contributed by atoms with E-state index < -0.39 is 14.2 Å². The molecule has 1 unspecified atom stereocenters. The van der Waals surface area contributed by atoms with Gasteiger partial charge >= 0.3 is 115 Å². The van der Waals surface area contributed by atoms with Gasteiger partial charge in [0.25, 0.3) is 0 Å². The fraction of sp³-hybridized carbons (Fsp3) is 1.00. The molecule has 0 aliphatic carbocycles. The summed E-state index contributed by atoms with van der Waals surface area (Å²) in [6, 6.07) is 0. The third-order valence-corrected chi connectivity index (χ3v) is 7.89. The van der Waals surface area contributed by atoms with Gasteiger partial charge in [-0.2, -0.15) is 0 Å². The zero-order chi connectivity index (χ0) is 16.7. The Hall–Kier alpha value is 0.278. The van der Waals surface area contributed by atoms with E-state index in [2.05, 4.69) is 6.92 Å². The van der Waals surface area contributed by atoms with Crippen LogP contribution in [-0.2, 0) is 3.74 Å². The zero-order valence-corrected chi connectivity index (χ0v) is 16.8. The topological polar surface area (TPSA) is 57.5 Å². The van der Waals surface area contributed by atoms with E-state index >= 15 is 0 Å². The third-order valence-electron chi connectivity index (χ3n) is 4.59. The fourth-order valence-electron chi connectivity index (χ4n) is 3.01. The molecule has 0 saturated carbocycles. The van der Waals surface area contributed by atoms with E-state index in [1.54, 1.807) is 0 Å². The first-order chi connectivity index (χ1) is 10.5. The predicted molar refractivity (Wildman–Crippen MR) is 95.2 cm³/mol. The Bertz CT molecular complexity index is 276. The first-order valence-corrected chi connectivity index (χ1v) is 13.1. The van der Waals surface area contributed by atoms with Crippen LogP contribution in [0.15, 0.2) is 0 Å². The third kappa shape index (κ3) is 13.9. The van der Waals surface area contributed by atoms with E-state index in [-0.39, 0.29) is 4.71 Å². The van der Waals surface area contributed by atoms with Crippen molar-refractivity contribution in [3.05, 3.63) is 0 Å². The molecular formula is C18H39AsO3. The quantitative estimate of drug-likeness (QED) is 0.271. The first kappa shape index (κ1) is 22.3. The van der Waals surface area contributed by atoms with Crippen molar-refractivity contribution in [2.45, 2.75) is 115 Å². The summed E-state index contributed by atoms with van der Waals surface area (Å²) in [5, 5.41) is 0. The maximum absolute atomic E-state index is 11.3. The van der Waals surface area contributed by atoms with Crippen LogP contribution in [0.2, 0.25) is 4.71 Å². The second-order valence-electron chi connectivity index (χ2n) is 6.68. The summed E-state index contributed by atoms with van der Waals surface area (Å²) in [6.45, 7) is 4.14. The van der Waals surface area contributed by atoms with Gasteiger partial charge in [-0.1, -0.05) is 26.2 Å². The molecule has 0 aliphatic heterocycles. The van der Waals surface area contributed by atoms with E-state index in [1.807, 2.05) is 6.92 Å². The maximum atomic E-state index is 11.3. The number of hydrogen-bond donors (Lipinski definition) is 2. The summed E-state index contributed by atoms with van der Waals surface area (Å²) in [5.74, 6) is 0. The normalized spacial score (nSPS) is 13.5. The molecule has 0 aromatic rings. The van der Waals surface area contributed by atoms with Crippen LogP contribution in [0.5, 0.6) is 0 Å². The molecule has 22 heavy (non-hydrogen) atoms. The summed E-state index contributed by atoms with van der Waals surface area (Å²) in [6.07, 6.45) is 18.3. The average Bonchev–Trinajstić information content (AvgIpc) is 2.46. The minimum atomic E-state index is -4.47. The Kier molecular flexibility index (Phi) is 15.0. The molecule has 0 saturated heterocycles. The SMILES string of the molecule is CCCCCCCCCCCCCCCC(CC)[As](=O)(O)O. The van der Waals surface area contributed by atoms with Crippen molar-refractivity contribution < 1.29 is 11.9 Å². The molecule has 134 valence electrons. The molecule has 0 spiro atoms. The van der Waals surface area contributed by atoms with Crippen LogP contribution < -0.4 is 0 Å². The molecule has 0 rings (SSSR count). The minimum absolute atomic E-state index is 0.356. The van der Waals surface area contributed by atoms with Crippen molar-refractivity contribution in [2.75, 3.05) is 0 Å². The van der Waals surface area contributed by atoms with Crippen molar-refractivity contribution in [3.63, 3.8) is 0 Å². The summed E-state index contributed by atoms with van der Waals surface area (Å²) in [7, 11) is 0. The summed E-state index contributed by atoms with van der Waals surface area (Å²) >= 11 is -4.47. The van der Waals surface area contributed by atoms with Gasteiger partial charge in [0.15, 0.2) is 0 Å². The van der Waals surface area contributed by atoms with Crippen LogP contribution in [0.25, 0.3) is 0 Å². The number of hydrogen-bond acceptors (Lipinski definition) is 1. The Morgan fingerprint density at radius 2 is 1.05 bits per heavy atom. The number of unbranched alkanes of at least 4 members (excludes halogenated alkanes) is 12. The van der Waals surface area contributed by atoms with Crippen LogP contribution in [0, 0.1) is 0 Å². The Labute approximate surface area is 141 Å². The molecule has 0 heterocycles. The van der Waals surface area contributed by atoms with Crippen LogP contribution in [0.1, 0.15) is 110 Å². The Morgan fingerprint density at radius 1 is 0.682 bits per heavy atom. The van der Waals surface area contributed by atoms with Gasteiger partial charge in [-0.25, -0.2) is 0 Å². The first-order valence-electron chi connectivity index (χ1n) is 9.57. The van der Waals surface area contributed by atoms with Crippen LogP contribution in [0.3, 0.4) is 0 Å². The van der Waals surface area contributed by atoms with E-state index in [0.29, 0.717) is 12.8 Å². The van der Waals surface area contributed by atoms with Crippen molar-refractivity contribution in [1.82, 2.24) is 0 Å². The van der Waals surface area contributed by atoms with Crippen LogP contribution in [0.4, 0.5) is 0 Å². The van der Waals surface area contributed by atoms with Crippen molar-refractivity contribution in [1.29, 1.82) is 0 Å². The second-order valence-corrected chi connectivity index (χ2v) is 10.7. The van der Waals surface area contributed by atoms with Gasteiger partial charge in [-0.05, 0) is 0 Å². The molecule has 2 N–H and O–H groups in total. The molecule has 0 fully saturated rings. The van der Waals surface area contributed by atoms with Gasteiger partial charge in [0.1, 0.15) is 0 Å². The van der Waals surface area contributed by atoms with Gasteiger partial charge in [-0.3, -0.25) is 0 Å². The van der Waals surface area contributed by atoms with Gasteiger partial charge < -0.3 is 0 Å². The molecule has 0 bridgehead atoms. The zero-order valence-electron chi connectivity index (χ0n) is 14.9. The van der Waals surface area contributed by atoms with Crippen molar-refractivity contribution in [3.8, 4) is 0 Å². The number of rotatable bonds is 16. The molecule has 0 aliphatic rings. The summed E-state index contributed by atoms with van der Waals surface area (Å²) < 4.78 is 29.4. The van der Waals surface area contributed by atoms with Gasteiger partial charge in [0.05, 0.1) is 0 Å². The average molecular weight is 378 g/mol. The van der Waals surface area contributed by atoms with E-state index in [0.717, 1.165) is 12.8 Å². The van der Waals surface area contributed by atoms with E-state index in [9.17, 15) is 11.9 Å². The molecular weight excluding hydrogens is 339 g/mol. The molecule has 0 amide bonds. The van der Waals surface area contributed by atoms with E-state index in [4.69, 9.17) is 0 Å². The van der Waals surface area contributed by atoms with Gasteiger partial charge in [0.2, 0.25) is 0 Å².